The van der Waals surface area contributed by atoms with Gasteiger partial charge in [0.05, 0.1) is 18.2 Å². The van der Waals surface area contributed by atoms with Crippen molar-refractivity contribution in [2.24, 2.45) is 0 Å². The maximum absolute atomic E-state index is 12.3. The van der Waals surface area contributed by atoms with Crippen molar-refractivity contribution < 1.29 is 9.47 Å². The van der Waals surface area contributed by atoms with Crippen LogP contribution in [0.15, 0.2) is 29.3 Å². The zero-order valence-electron chi connectivity index (χ0n) is 15.8. The van der Waals surface area contributed by atoms with Crippen molar-refractivity contribution in [1.29, 1.82) is 0 Å². The summed E-state index contributed by atoms with van der Waals surface area (Å²) < 4.78 is 13.2. The molecule has 0 aliphatic heterocycles. The van der Waals surface area contributed by atoms with E-state index in [1.807, 2.05) is 24.3 Å². The number of ether oxygens (including phenoxy) is 2. The topological polar surface area (TPSA) is 65.7 Å². The van der Waals surface area contributed by atoms with Crippen molar-refractivity contribution in [2.45, 2.75) is 45.4 Å². The predicted octanol–water partition coefficient (Wildman–Crippen LogP) is 3.45. The van der Waals surface area contributed by atoms with Crippen LogP contribution in [0.5, 0.6) is 11.5 Å². The molecule has 0 bridgehead atoms. The van der Waals surface area contributed by atoms with Crippen LogP contribution in [-0.4, -0.2) is 28.3 Å². The number of nitrogens with zero attached hydrogens (tertiary/aromatic N) is 3. The van der Waals surface area contributed by atoms with Crippen LogP contribution < -0.4 is 19.6 Å². The van der Waals surface area contributed by atoms with Crippen LogP contribution in [0.1, 0.15) is 51.0 Å². The first-order valence-corrected chi connectivity index (χ1v) is 10.2. The summed E-state index contributed by atoms with van der Waals surface area (Å²) >= 11 is 1.32. The van der Waals surface area contributed by atoms with Gasteiger partial charge in [0, 0.05) is 0 Å². The maximum atomic E-state index is 12.3. The van der Waals surface area contributed by atoms with E-state index in [4.69, 9.17) is 9.47 Å². The standard InChI is InChI=1S/C20H25N3O3S/c1-3-4-5-6-7-8-11-26-16-10-9-15(12-17(16)25-2)13-18-19(24)23-20(27-18)21-14-22-23/h9-10,12-14H,3-8,11H2,1-2H3/b18-13+. The van der Waals surface area contributed by atoms with Gasteiger partial charge in [-0.15, -0.1) is 0 Å². The lowest BCUT2D eigenvalue weighted by Gasteiger charge is -2.11. The van der Waals surface area contributed by atoms with Gasteiger partial charge < -0.3 is 9.47 Å². The highest BCUT2D eigenvalue weighted by Crippen LogP contribution is 2.28. The van der Waals surface area contributed by atoms with Crippen LogP contribution in [0.2, 0.25) is 0 Å². The fourth-order valence-electron chi connectivity index (χ4n) is 2.89. The number of methoxy groups -OCH3 is 1. The number of fused-ring (bicyclic) bond motifs is 1. The van der Waals surface area contributed by atoms with E-state index in [1.54, 1.807) is 7.11 Å². The quantitative estimate of drug-likeness (QED) is 0.499. The lowest BCUT2D eigenvalue weighted by molar-refractivity contribution is 0.284. The highest BCUT2D eigenvalue weighted by Gasteiger charge is 2.08. The molecule has 27 heavy (non-hydrogen) atoms. The first-order chi connectivity index (χ1) is 13.2. The van der Waals surface area contributed by atoms with Gasteiger partial charge in [-0.3, -0.25) is 4.79 Å². The second kappa shape index (κ2) is 9.50. The van der Waals surface area contributed by atoms with Gasteiger partial charge in [-0.2, -0.15) is 9.61 Å². The molecule has 0 radical (unpaired) electrons. The third-order valence-electron chi connectivity index (χ3n) is 4.36. The van der Waals surface area contributed by atoms with Crippen molar-refractivity contribution in [1.82, 2.24) is 14.6 Å². The molecule has 2 aromatic heterocycles. The summed E-state index contributed by atoms with van der Waals surface area (Å²) in [6.07, 6.45) is 10.6. The van der Waals surface area contributed by atoms with Gasteiger partial charge in [0.1, 0.15) is 6.33 Å². The molecule has 7 heteroatoms. The second-order valence-electron chi connectivity index (χ2n) is 6.40. The van der Waals surface area contributed by atoms with Crippen molar-refractivity contribution in [3.05, 3.63) is 45.0 Å². The molecule has 0 unspecified atom stereocenters. The van der Waals surface area contributed by atoms with Gasteiger partial charge in [-0.05, 0) is 30.2 Å². The minimum atomic E-state index is -0.158. The summed E-state index contributed by atoms with van der Waals surface area (Å²) in [5, 5.41) is 3.93. The summed E-state index contributed by atoms with van der Waals surface area (Å²) in [6.45, 7) is 2.91. The fourth-order valence-corrected chi connectivity index (χ4v) is 3.77. The van der Waals surface area contributed by atoms with E-state index in [9.17, 15) is 4.79 Å². The Bertz CT molecular complexity index is 980. The smallest absolute Gasteiger partial charge is 0.291 e. The van der Waals surface area contributed by atoms with Gasteiger partial charge >= 0.3 is 0 Å². The van der Waals surface area contributed by atoms with Gasteiger partial charge in [-0.1, -0.05) is 56.4 Å². The maximum Gasteiger partial charge on any atom is 0.291 e. The number of hydrogen-bond acceptors (Lipinski definition) is 6. The Morgan fingerprint density at radius 1 is 1.15 bits per heavy atom. The monoisotopic (exact) mass is 387 g/mol. The average Bonchev–Trinajstić information content (AvgIpc) is 3.25. The average molecular weight is 388 g/mol. The molecule has 3 aromatic rings. The summed E-state index contributed by atoms with van der Waals surface area (Å²) in [4.78, 5) is 16.9. The van der Waals surface area contributed by atoms with Gasteiger partial charge in [0.2, 0.25) is 4.96 Å². The second-order valence-corrected chi connectivity index (χ2v) is 7.41. The molecule has 0 fully saturated rings. The van der Waals surface area contributed by atoms with Gasteiger partial charge in [0.25, 0.3) is 5.56 Å². The fraction of sp³-hybridized carbons (Fsp3) is 0.450. The molecule has 0 amide bonds. The van der Waals surface area contributed by atoms with E-state index in [-0.39, 0.29) is 5.56 Å². The normalized spacial score (nSPS) is 12.0. The summed E-state index contributed by atoms with van der Waals surface area (Å²) in [7, 11) is 1.62. The van der Waals surface area contributed by atoms with Crippen LogP contribution in [-0.2, 0) is 0 Å². The zero-order valence-corrected chi connectivity index (χ0v) is 16.6. The number of hydrogen-bond donors (Lipinski definition) is 0. The first kappa shape index (κ1) is 19.4. The van der Waals surface area contributed by atoms with E-state index in [0.29, 0.717) is 21.8 Å². The third kappa shape index (κ3) is 4.86. The molecule has 0 aliphatic rings. The number of rotatable bonds is 10. The minimum absolute atomic E-state index is 0.158. The molecular weight excluding hydrogens is 362 g/mol. The van der Waals surface area contributed by atoms with Gasteiger partial charge in [0.15, 0.2) is 11.5 Å². The van der Waals surface area contributed by atoms with Crippen LogP contribution in [0.3, 0.4) is 0 Å². The van der Waals surface area contributed by atoms with E-state index >= 15 is 0 Å². The molecule has 6 nitrogen and oxygen atoms in total. The SMILES string of the molecule is CCCCCCCCOc1ccc(/C=c2/sc3ncnn3c2=O)cc1OC. The summed E-state index contributed by atoms with van der Waals surface area (Å²) in [6, 6.07) is 5.70. The minimum Gasteiger partial charge on any atom is -0.493 e. The Balaban J connectivity index is 1.65. The Hall–Kier alpha value is -2.41. The Kier molecular flexibility index (Phi) is 6.81. The van der Waals surface area contributed by atoms with Crippen LogP contribution in [0.25, 0.3) is 11.0 Å². The molecule has 2 heterocycles. The molecule has 0 atom stereocenters. The van der Waals surface area contributed by atoms with E-state index in [1.165, 1.54) is 54.3 Å². The number of aromatic nitrogens is 3. The first-order valence-electron chi connectivity index (χ1n) is 9.38. The Labute approximate surface area is 162 Å². The molecule has 1 aromatic carbocycles. The summed E-state index contributed by atoms with van der Waals surface area (Å²) in [5.41, 5.74) is 0.718. The van der Waals surface area contributed by atoms with E-state index < -0.39 is 0 Å². The molecule has 0 saturated carbocycles. The number of thiazole rings is 1. The number of benzene rings is 1. The van der Waals surface area contributed by atoms with Crippen molar-refractivity contribution in [3.8, 4) is 11.5 Å². The van der Waals surface area contributed by atoms with Crippen molar-refractivity contribution >= 4 is 22.4 Å². The highest BCUT2D eigenvalue weighted by molar-refractivity contribution is 7.15. The van der Waals surface area contributed by atoms with E-state index in [2.05, 4.69) is 17.0 Å². The Morgan fingerprint density at radius 2 is 1.96 bits per heavy atom. The summed E-state index contributed by atoms with van der Waals surface area (Å²) in [5.74, 6) is 1.40. The molecule has 0 spiro atoms. The van der Waals surface area contributed by atoms with Crippen LogP contribution >= 0.6 is 11.3 Å². The van der Waals surface area contributed by atoms with Crippen LogP contribution in [0.4, 0.5) is 0 Å². The molecule has 0 aliphatic carbocycles. The van der Waals surface area contributed by atoms with E-state index in [0.717, 1.165) is 17.7 Å². The Morgan fingerprint density at radius 3 is 2.74 bits per heavy atom. The molecule has 0 saturated heterocycles. The zero-order chi connectivity index (χ0) is 19.1. The third-order valence-corrected chi connectivity index (χ3v) is 5.34. The molecule has 0 N–H and O–H groups in total. The molecule has 144 valence electrons. The van der Waals surface area contributed by atoms with Gasteiger partial charge in [-0.25, -0.2) is 4.98 Å². The lowest BCUT2D eigenvalue weighted by Crippen LogP contribution is -2.23. The van der Waals surface area contributed by atoms with Crippen molar-refractivity contribution in [3.63, 3.8) is 0 Å². The largest absolute Gasteiger partial charge is 0.493 e. The number of unbranched alkanes of at least 4 members (excludes halogenated alkanes) is 5. The molecular formula is C20H25N3O3S. The highest BCUT2D eigenvalue weighted by atomic mass is 32.1. The van der Waals surface area contributed by atoms with Crippen molar-refractivity contribution in [2.75, 3.05) is 13.7 Å². The lowest BCUT2D eigenvalue weighted by atomic mass is 10.1. The van der Waals surface area contributed by atoms with Crippen LogP contribution in [0, 0.1) is 0 Å². The predicted molar refractivity (Wildman–Crippen MR) is 108 cm³/mol. The molecule has 3 rings (SSSR count).